The third kappa shape index (κ3) is 1.37. The third-order valence-corrected chi connectivity index (χ3v) is 2.71. The summed E-state index contributed by atoms with van der Waals surface area (Å²) >= 11 is 3.17. The van der Waals surface area contributed by atoms with Gasteiger partial charge in [-0.25, -0.2) is 9.83 Å². The summed E-state index contributed by atoms with van der Waals surface area (Å²) in [5.41, 5.74) is -0.106. The molecule has 0 amide bonds. The van der Waals surface area contributed by atoms with Gasteiger partial charge in [-0.1, -0.05) is 0 Å². The monoisotopic (exact) mass is 279 g/mol. The minimum Gasteiger partial charge on any atom is -0.517 e. The Morgan fingerprint density at radius 1 is 1.56 bits per heavy atom. The largest absolute Gasteiger partial charge is 0.517 e. The van der Waals surface area contributed by atoms with Gasteiger partial charge in [0.2, 0.25) is 0 Å². The highest BCUT2D eigenvalue weighted by molar-refractivity contribution is 9.10. The molecule has 1 N–H and O–H groups in total. The third-order valence-electron chi connectivity index (χ3n) is 2.27. The molecule has 0 unspecified atom stereocenters. The van der Waals surface area contributed by atoms with Crippen LogP contribution in [0.1, 0.15) is 0 Å². The topological polar surface area (TPSA) is 59.5 Å². The number of nitrogens with zero attached hydrogens (tertiary/aromatic N) is 3. The Labute approximate surface area is 98.9 Å². The van der Waals surface area contributed by atoms with Crippen molar-refractivity contribution in [3.8, 4) is 5.75 Å². The lowest BCUT2D eigenvalue weighted by Gasteiger charge is -2.07. The second-order valence-electron chi connectivity index (χ2n) is 3.17. The lowest BCUT2D eigenvalue weighted by Crippen LogP contribution is -2.16. The number of fused-ring (bicyclic) bond motifs is 1. The van der Waals surface area contributed by atoms with E-state index in [9.17, 15) is 9.90 Å². The van der Waals surface area contributed by atoms with E-state index in [0.717, 1.165) is 0 Å². The van der Waals surface area contributed by atoms with E-state index < -0.39 is 5.56 Å². The molecule has 0 aliphatic heterocycles. The molecule has 0 radical (unpaired) electrons. The van der Waals surface area contributed by atoms with Crippen LogP contribution in [0.3, 0.4) is 0 Å². The van der Waals surface area contributed by atoms with E-state index in [0.29, 0.717) is 10.1 Å². The summed E-state index contributed by atoms with van der Waals surface area (Å²) in [6, 6.07) is 3.32. The quantitative estimate of drug-likeness (QED) is 0.592. The summed E-state index contributed by atoms with van der Waals surface area (Å²) < 4.78 is 1.83. The van der Waals surface area contributed by atoms with Gasteiger partial charge in [-0.2, -0.15) is 0 Å². The van der Waals surface area contributed by atoms with Crippen molar-refractivity contribution >= 4 is 32.7 Å². The average molecular weight is 280 g/mol. The van der Waals surface area contributed by atoms with Gasteiger partial charge in [0, 0.05) is 7.05 Å². The van der Waals surface area contributed by atoms with Crippen LogP contribution in [0.25, 0.3) is 15.9 Å². The van der Waals surface area contributed by atoms with Crippen LogP contribution in [0, 0.1) is 6.57 Å². The second kappa shape index (κ2) is 3.61. The number of aromatic hydroxyl groups is 1. The van der Waals surface area contributed by atoms with E-state index in [1.807, 2.05) is 0 Å². The van der Waals surface area contributed by atoms with Crippen LogP contribution < -0.4 is 5.56 Å². The summed E-state index contributed by atoms with van der Waals surface area (Å²) in [4.78, 5) is 18.7. The Bertz CT molecular complexity index is 685. The molecule has 0 aliphatic carbocycles. The van der Waals surface area contributed by atoms with Crippen molar-refractivity contribution in [2.45, 2.75) is 0 Å². The summed E-state index contributed by atoms with van der Waals surface area (Å²) in [6.45, 7) is 6.86. The van der Waals surface area contributed by atoms with E-state index in [2.05, 4.69) is 25.8 Å². The maximum atomic E-state index is 11.7. The highest BCUT2D eigenvalue weighted by Gasteiger charge is 2.15. The summed E-state index contributed by atoms with van der Waals surface area (Å²) in [5, 5.41) is 9.77. The highest BCUT2D eigenvalue weighted by Crippen LogP contribution is 2.30. The van der Waals surface area contributed by atoms with Gasteiger partial charge in [-0.05, 0) is 28.1 Å². The number of aromatic nitrogens is 2. The Kier molecular flexibility index (Phi) is 2.40. The molecule has 6 heteroatoms. The average Bonchev–Trinajstić information content (AvgIpc) is 2.27. The molecule has 0 atom stereocenters. The Hall–Kier alpha value is -1.87. The van der Waals surface area contributed by atoms with E-state index in [1.165, 1.54) is 11.6 Å². The van der Waals surface area contributed by atoms with Crippen molar-refractivity contribution in [1.82, 2.24) is 9.55 Å². The van der Waals surface area contributed by atoms with Crippen LogP contribution in [0.4, 0.5) is 5.69 Å². The van der Waals surface area contributed by atoms with Gasteiger partial charge in [0.25, 0.3) is 11.2 Å². The summed E-state index contributed by atoms with van der Waals surface area (Å²) in [5.74, 6) is -0.366. The van der Waals surface area contributed by atoms with E-state index in [4.69, 9.17) is 6.57 Å². The number of hydrogen-bond acceptors (Lipinski definition) is 3. The zero-order valence-corrected chi connectivity index (χ0v) is 9.82. The Morgan fingerprint density at radius 2 is 2.25 bits per heavy atom. The lowest BCUT2D eigenvalue weighted by atomic mass is 10.2. The molecule has 80 valence electrons. The minimum atomic E-state index is -0.524. The van der Waals surface area contributed by atoms with Gasteiger partial charge in [-0.3, -0.25) is 4.79 Å². The highest BCUT2D eigenvalue weighted by atomic mass is 79.9. The van der Waals surface area contributed by atoms with E-state index in [-0.39, 0.29) is 17.0 Å². The number of halogens is 1. The van der Waals surface area contributed by atoms with E-state index >= 15 is 0 Å². The van der Waals surface area contributed by atoms with E-state index in [1.54, 1.807) is 12.1 Å². The number of aryl methyl sites for hydroxylation is 1. The fourth-order valence-electron chi connectivity index (χ4n) is 1.46. The minimum absolute atomic E-state index is 0.238. The van der Waals surface area contributed by atoms with Crippen molar-refractivity contribution in [3.63, 3.8) is 0 Å². The smallest absolute Gasteiger partial charge is 0.293 e. The van der Waals surface area contributed by atoms with Crippen LogP contribution in [0.2, 0.25) is 0 Å². The second-order valence-corrected chi connectivity index (χ2v) is 3.99. The Morgan fingerprint density at radius 3 is 2.88 bits per heavy atom. The molecule has 0 fully saturated rings. The fourth-order valence-corrected chi connectivity index (χ4v) is 1.76. The van der Waals surface area contributed by atoms with Crippen LogP contribution in [0.5, 0.6) is 5.75 Å². The summed E-state index contributed by atoms with van der Waals surface area (Å²) in [7, 11) is 1.54. The zero-order chi connectivity index (χ0) is 11.9. The van der Waals surface area contributed by atoms with Crippen molar-refractivity contribution in [1.29, 1.82) is 0 Å². The molecule has 2 aromatic rings. The molecule has 16 heavy (non-hydrogen) atoms. The van der Waals surface area contributed by atoms with Gasteiger partial charge >= 0.3 is 0 Å². The molecular formula is C10H6BrN3O2. The first-order valence-electron chi connectivity index (χ1n) is 4.32. The first-order valence-corrected chi connectivity index (χ1v) is 5.11. The molecule has 2 aromatic heterocycles. The van der Waals surface area contributed by atoms with Gasteiger partial charge in [0.1, 0.15) is 10.1 Å². The number of hydrogen-bond donors (Lipinski definition) is 1. The predicted octanol–water partition coefficient (Wildman–Crippen LogP) is 1.95. The molecule has 0 saturated heterocycles. The van der Waals surface area contributed by atoms with Crippen molar-refractivity contribution in [2.75, 3.05) is 0 Å². The van der Waals surface area contributed by atoms with Gasteiger partial charge in [0.15, 0.2) is 5.75 Å². The van der Waals surface area contributed by atoms with Crippen molar-refractivity contribution in [2.24, 2.45) is 7.05 Å². The van der Waals surface area contributed by atoms with Gasteiger partial charge in [-0.15, -0.1) is 0 Å². The molecule has 0 bridgehead atoms. The normalized spacial score (nSPS) is 10.3. The standard InChI is InChI=1S/C10H6BrN3O2/c1-12-8-9(15)7-5(14(2)10(8)16)3-4-6(11)13-7/h3-4,15H,2H3. The number of rotatable bonds is 0. The Balaban J connectivity index is 3.10. The maximum Gasteiger partial charge on any atom is 0.293 e. The van der Waals surface area contributed by atoms with Crippen LogP contribution in [-0.4, -0.2) is 14.7 Å². The van der Waals surface area contributed by atoms with Gasteiger partial charge in [0.05, 0.1) is 12.1 Å². The lowest BCUT2D eigenvalue weighted by molar-refractivity contribution is 0.481. The molecule has 5 nitrogen and oxygen atoms in total. The number of pyridine rings is 2. The first-order chi connectivity index (χ1) is 7.56. The van der Waals surface area contributed by atoms with Crippen molar-refractivity contribution in [3.05, 3.63) is 38.5 Å². The molecule has 0 aromatic carbocycles. The molecule has 0 spiro atoms. The van der Waals surface area contributed by atoms with Gasteiger partial charge < -0.3 is 9.67 Å². The zero-order valence-electron chi connectivity index (χ0n) is 8.23. The predicted molar refractivity (Wildman–Crippen MR) is 62.6 cm³/mol. The molecular weight excluding hydrogens is 274 g/mol. The maximum absolute atomic E-state index is 11.7. The first kappa shape index (κ1) is 10.6. The molecule has 2 rings (SSSR count). The van der Waals surface area contributed by atoms with Crippen LogP contribution in [0.15, 0.2) is 21.5 Å². The SMILES string of the molecule is [C-]#[N+]c1c(O)c2nc(Br)ccc2n(C)c1=O. The molecule has 2 heterocycles. The summed E-state index contributed by atoms with van der Waals surface area (Å²) in [6.07, 6.45) is 0. The molecule has 0 aliphatic rings. The fraction of sp³-hybridized carbons (Fsp3) is 0.100. The molecule has 0 saturated carbocycles. The van der Waals surface area contributed by atoms with Crippen LogP contribution in [-0.2, 0) is 7.05 Å². The van der Waals surface area contributed by atoms with Crippen LogP contribution >= 0.6 is 15.9 Å². The van der Waals surface area contributed by atoms with Crippen molar-refractivity contribution < 1.29 is 5.11 Å².